The van der Waals surface area contributed by atoms with E-state index in [9.17, 15) is 9.90 Å². The molecule has 92 valence electrons. The Morgan fingerprint density at radius 2 is 1.69 bits per heavy atom. The maximum Gasteiger partial charge on any atom is 0.164 e. The minimum Gasteiger partial charge on any atom is -0.382 e. The summed E-state index contributed by atoms with van der Waals surface area (Å²) in [7, 11) is 0. The van der Waals surface area contributed by atoms with Gasteiger partial charge in [-0.25, -0.2) is 0 Å². The zero-order chi connectivity index (χ0) is 12.1. The first kappa shape index (κ1) is 12.1. The van der Waals surface area contributed by atoms with Crippen LogP contribution in [-0.4, -0.2) is 16.5 Å². The molecular formula is C14H24O2. The lowest BCUT2D eigenvalue weighted by atomic mass is 9.57. The summed E-state index contributed by atoms with van der Waals surface area (Å²) in [6, 6.07) is 0. The average Bonchev–Trinajstić information content (AvgIpc) is 2.27. The van der Waals surface area contributed by atoms with Crippen LogP contribution >= 0.6 is 0 Å². The molecule has 2 rings (SSSR count). The summed E-state index contributed by atoms with van der Waals surface area (Å²) in [6.07, 6.45) is 3.82. The largest absolute Gasteiger partial charge is 0.382 e. The molecule has 2 fully saturated rings. The molecule has 5 atom stereocenters. The van der Waals surface area contributed by atoms with E-state index in [2.05, 4.69) is 20.8 Å². The molecule has 2 heteroatoms. The zero-order valence-corrected chi connectivity index (χ0v) is 10.9. The van der Waals surface area contributed by atoms with Crippen LogP contribution in [0.2, 0.25) is 0 Å². The maximum absolute atomic E-state index is 11.9. The van der Waals surface area contributed by atoms with Crippen LogP contribution in [0.5, 0.6) is 0 Å². The van der Waals surface area contributed by atoms with Crippen molar-refractivity contribution in [3.63, 3.8) is 0 Å². The third-order valence-electron chi connectivity index (χ3n) is 5.18. The van der Waals surface area contributed by atoms with Crippen molar-refractivity contribution in [2.45, 2.75) is 59.0 Å². The lowest BCUT2D eigenvalue weighted by molar-refractivity contribution is -0.148. The molecule has 1 N–H and O–H groups in total. The second-order valence-electron chi connectivity index (χ2n) is 6.61. The summed E-state index contributed by atoms with van der Waals surface area (Å²) >= 11 is 0. The van der Waals surface area contributed by atoms with Crippen molar-refractivity contribution < 1.29 is 9.90 Å². The molecule has 0 aromatic carbocycles. The second-order valence-corrected chi connectivity index (χ2v) is 6.61. The van der Waals surface area contributed by atoms with Gasteiger partial charge in [0.1, 0.15) is 5.60 Å². The Hall–Kier alpha value is -0.370. The molecule has 2 saturated carbocycles. The van der Waals surface area contributed by atoms with E-state index in [-0.39, 0.29) is 11.2 Å². The van der Waals surface area contributed by atoms with E-state index in [0.717, 1.165) is 12.8 Å². The SMILES string of the molecule is C[C@@H]1C[C@H](C)CC2(C1)[C@@H](C)CC(=O)[C@@]2(C)O. The van der Waals surface area contributed by atoms with Crippen molar-refractivity contribution in [2.24, 2.45) is 23.2 Å². The van der Waals surface area contributed by atoms with E-state index < -0.39 is 5.60 Å². The van der Waals surface area contributed by atoms with Crippen LogP contribution in [0.4, 0.5) is 0 Å². The molecule has 0 amide bonds. The van der Waals surface area contributed by atoms with Gasteiger partial charge in [-0.1, -0.05) is 20.8 Å². The van der Waals surface area contributed by atoms with Gasteiger partial charge in [-0.2, -0.15) is 0 Å². The topological polar surface area (TPSA) is 37.3 Å². The van der Waals surface area contributed by atoms with Crippen molar-refractivity contribution in [3.05, 3.63) is 0 Å². The molecule has 2 aliphatic rings. The fourth-order valence-corrected chi connectivity index (χ4v) is 4.41. The van der Waals surface area contributed by atoms with Crippen LogP contribution in [-0.2, 0) is 4.79 Å². The molecule has 0 aliphatic heterocycles. The van der Waals surface area contributed by atoms with Gasteiger partial charge in [-0.15, -0.1) is 0 Å². The first-order valence-corrected chi connectivity index (χ1v) is 6.55. The van der Waals surface area contributed by atoms with E-state index in [1.54, 1.807) is 6.92 Å². The molecular weight excluding hydrogens is 200 g/mol. The van der Waals surface area contributed by atoms with Gasteiger partial charge in [0, 0.05) is 11.8 Å². The number of ketones is 1. The minimum absolute atomic E-state index is 0.0568. The Balaban J connectivity index is 2.38. The van der Waals surface area contributed by atoms with Crippen LogP contribution in [0.3, 0.4) is 0 Å². The van der Waals surface area contributed by atoms with Crippen LogP contribution in [0, 0.1) is 23.2 Å². The average molecular weight is 224 g/mol. The third-order valence-corrected chi connectivity index (χ3v) is 5.18. The second kappa shape index (κ2) is 3.56. The van der Waals surface area contributed by atoms with Gasteiger partial charge >= 0.3 is 0 Å². The molecule has 2 nitrogen and oxygen atoms in total. The van der Waals surface area contributed by atoms with Crippen LogP contribution < -0.4 is 0 Å². The smallest absolute Gasteiger partial charge is 0.164 e. The number of aliphatic hydroxyl groups is 1. The Morgan fingerprint density at radius 1 is 1.19 bits per heavy atom. The Kier molecular flexibility index (Phi) is 2.69. The molecule has 16 heavy (non-hydrogen) atoms. The van der Waals surface area contributed by atoms with Crippen molar-refractivity contribution in [1.82, 2.24) is 0 Å². The molecule has 0 radical (unpaired) electrons. The highest BCUT2D eigenvalue weighted by molar-refractivity contribution is 5.90. The molecule has 0 heterocycles. The van der Waals surface area contributed by atoms with Crippen molar-refractivity contribution >= 4 is 5.78 Å². The fraction of sp³-hybridized carbons (Fsp3) is 0.929. The number of hydrogen-bond acceptors (Lipinski definition) is 2. The third kappa shape index (κ3) is 1.46. The molecule has 1 spiro atoms. The van der Waals surface area contributed by atoms with E-state index in [4.69, 9.17) is 0 Å². The highest BCUT2D eigenvalue weighted by Crippen LogP contribution is 2.58. The monoisotopic (exact) mass is 224 g/mol. The summed E-state index contributed by atoms with van der Waals surface area (Å²) in [5, 5.41) is 10.6. The number of rotatable bonds is 0. The molecule has 0 aromatic heterocycles. The van der Waals surface area contributed by atoms with Gasteiger partial charge in [0.05, 0.1) is 0 Å². The lowest BCUT2D eigenvalue weighted by Crippen LogP contribution is -2.51. The number of carbonyl (C=O) groups excluding carboxylic acids is 1. The standard InChI is InChI=1S/C14H24O2/c1-9-5-10(2)8-14(7-9)11(3)6-12(15)13(14,4)16/h9-11,16H,5-8H2,1-4H3/t9-,10+,11-,13+,14?/m0/s1. The summed E-state index contributed by atoms with van der Waals surface area (Å²) in [5.41, 5.74) is -1.24. The number of hydrogen-bond donors (Lipinski definition) is 1. The quantitative estimate of drug-likeness (QED) is 0.687. The van der Waals surface area contributed by atoms with Gasteiger partial charge in [0.25, 0.3) is 0 Å². The highest BCUT2D eigenvalue weighted by Gasteiger charge is 2.61. The van der Waals surface area contributed by atoms with Gasteiger partial charge < -0.3 is 5.11 Å². The van der Waals surface area contributed by atoms with Crippen molar-refractivity contribution in [2.75, 3.05) is 0 Å². The van der Waals surface area contributed by atoms with Crippen molar-refractivity contribution in [1.29, 1.82) is 0 Å². The minimum atomic E-state index is -1.09. The van der Waals surface area contributed by atoms with Gasteiger partial charge in [-0.3, -0.25) is 4.79 Å². The van der Waals surface area contributed by atoms with E-state index in [0.29, 0.717) is 24.2 Å². The fourth-order valence-electron chi connectivity index (χ4n) is 4.41. The lowest BCUT2D eigenvalue weighted by Gasteiger charge is -2.49. The van der Waals surface area contributed by atoms with Crippen LogP contribution in [0.25, 0.3) is 0 Å². The molecule has 0 saturated heterocycles. The molecule has 2 aliphatic carbocycles. The summed E-state index contributed by atoms with van der Waals surface area (Å²) in [4.78, 5) is 11.9. The van der Waals surface area contributed by atoms with Gasteiger partial charge in [0.2, 0.25) is 0 Å². The summed E-state index contributed by atoms with van der Waals surface area (Å²) < 4.78 is 0. The van der Waals surface area contributed by atoms with E-state index in [1.165, 1.54) is 6.42 Å². The highest BCUT2D eigenvalue weighted by atomic mass is 16.3. The Bertz CT molecular complexity index is 296. The normalized spacial score (nSPS) is 53.6. The van der Waals surface area contributed by atoms with Crippen LogP contribution in [0.15, 0.2) is 0 Å². The molecule has 0 aromatic rings. The summed E-state index contributed by atoms with van der Waals surface area (Å²) in [6.45, 7) is 8.40. The van der Waals surface area contributed by atoms with E-state index >= 15 is 0 Å². The predicted molar refractivity (Wildman–Crippen MR) is 64.0 cm³/mol. The van der Waals surface area contributed by atoms with Gasteiger partial charge in [0.15, 0.2) is 5.78 Å². The van der Waals surface area contributed by atoms with Gasteiger partial charge in [-0.05, 0) is 43.9 Å². The molecule has 0 bridgehead atoms. The predicted octanol–water partition coefficient (Wildman–Crippen LogP) is 2.79. The van der Waals surface area contributed by atoms with Crippen LogP contribution in [0.1, 0.15) is 53.4 Å². The molecule has 1 unspecified atom stereocenters. The van der Waals surface area contributed by atoms with E-state index in [1.807, 2.05) is 0 Å². The number of Topliss-reactive ketones (excluding diaryl/α,β-unsaturated/α-hetero) is 1. The summed E-state index contributed by atoms with van der Waals surface area (Å²) in [5.74, 6) is 1.65. The zero-order valence-electron chi connectivity index (χ0n) is 10.9. The maximum atomic E-state index is 11.9. The van der Waals surface area contributed by atoms with Crippen molar-refractivity contribution in [3.8, 4) is 0 Å². The first-order valence-electron chi connectivity index (χ1n) is 6.55. The Labute approximate surface area is 98.4 Å². The number of carbonyl (C=O) groups is 1. The first-order chi connectivity index (χ1) is 7.29. The Morgan fingerprint density at radius 3 is 2.06 bits per heavy atom.